The molecule has 6 heteroatoms. The first kappa shape index (κ1) is 16.5. The van der Waals surface area contributed by atoms with Gasteiger partial charge in [-0.3, -0.25) is 0 Å². The van der Waals surface area contributed by atoms with E-state index in [0.717, 1.165) is 10.0 Å². The Balaban J connectivity index is 2.60. The van der Waals surface area contributed by atoms with E-state index in [1.54, 1.807) is 20.8 Å². The van der Waals surface area contributed by atoms with Crippen molar-refractivity contribution in [2.24, 2.45) is 5.41 Å². The number of benzene rings is 1. The zero-order valence-electron chi connectivity index (χ0n) is 11.7. The SMILES string of the molecule is CC(C)(C)[C@@H](NC(=O)NCc1ccccc1Br)C(=O)O. The molecule has 0 aliphatic carbocycles. The number of carboxylic acid groups (broad SMARTS) is 1. The highest BCUT2D eigenvalue weighted by Crippen LogP contribution is 2.19. The number of carboxylic acids is 1. The standard InChI is InChI=1S/C14H19BrN2O3/c1-14(2,3)11(12(18)19)17-13(20)16-8-9-6-4-5-7-10(9)15/h4-7,11H,8H2,1-3H3,(H,18,19)(H2,16,17,20)/t11-/m0/s1. The van der Waals surface area contributed by atoms with Gasteiger partial charge < -0.3 is 15.7 Å². The fraction of sp³-hybridized carbons (Fsp3) is 0.429. The molecule has 3 N–H and O–H groups in total. The van der Waals surface area contributed by atoms with Crippen LogP contribution in [0.3, 0.4) is 0 Å². The van der Waals surface area contributed by atoms with E-state index in [0.29, 0.717) is 6.54 Å². The smallest absolute Gasteiger partial charge is 0.326 e. The molecule has 0 aliphatic rings. The molecule has 0 saturated carbocycles. The van der Waals surface area contributed by atoms with Crippen LogP contribution in [0.1, 0.15) is 26.3 Å². The first-order chi connectivity index (χ1) is 9.21. The molecule has 0 bridgehead atoms. The second-order valence-electron chi connectivity index (χ2n) is 5.56. The largest absolute Gasteiger partial charge is 0.480 e. The van der Waals surface area contributed by atoms with Crippen molar-refractivity contribution in [1.29, 1.82) is 0 Å². The third-order valence-electron chi connectivity index (χ3n) is 2.79. The van der Waals surface area contributed by atoms with Gasteiger partial charge in [-0.1, -0.05) is 54.9 Å². The lowest BCUT2D eigenvalue weighted by atomic mass is 9.87. The minimum Gasteiger partial charge on any atom is -0.480 e. The average Bonchev–Trinajstić information content (AvgIpc) is 2.33. The Kier molecular flexibility index (Phi) is 5.56. The number of carbonyl (C=O) groups excluding carboxylic acids is 1. The molecule has 0 heterocycles. The molecular weight excluding hydrogens is 324 g/mol. The third-order valence-corrected chi connectivity index (χ3v) is 3.56. The highest BCUT2D eigenvalue weighted by molar-refractivity contribution is 9.10. The molecule has 0 radical (unpaired) electrons. The zero-order chi connectivity index (χ0) is 15.3. The number of urea groups is 1. The van der Waals surface area contributed by atoms with Gasteiger partial charge in [-0.15, -0.1) is 0 Å². The minimum atomic E-state index is -1.05. The summed E-state index contributed by atoms with van der Waals surface area (Å²) in [5.41, 5.74) is 0.363. The van der Waals surface area contributed by atoms with Crippen LogP contribution in [-0.2, 0) is 11.3 Å². The lowest BCUT2D eigenvalue weighted by molar-refractivity contribution is -0.141. The maximum Gasteiger partial charge on any atom is 0.326 e. The number of halogens is 1. The number of hydrogen-bond acceptors (Lipinski definition) is 2. The lowest BCUT2D eigenvalue weighted by Gasteiger charge is -2.27. The van der Waals surface area contributed by atoms with Crippen molar-refractivity contribution < 1.29 is 14.7 Å². The highest BCUT2D eigenvalue weighted by Gasteiger charge is 2.32. The minimum absolute atomic E-state index is 0.323. The van der Waals surface area contributed by atoms with E-state index in [-0.39, 0.29) is 0 Å². The number of hydrogen-bond donors (Lipinski definition) is 3. The summed E-state index contributed by atoms with van der Waals surface area (Å²) in [5, 5.41) is 14.3. The number of carbonyl (C=O) groups is 2. The second-order valence-corrected chi connectivity index (χ2v) is 6.41. The summed E-state index contributed by atoms with van der Waals surface area (Å²) in [6, 6.07) is 6.07. The summed E-state index contributed by atoms with van der Waals surface area (Å²) in [4.78, 5) is 22.9. The summed E-state index contributed by atoms with van der Waals surface area (Å²) in [6.45, 7) is 5.61. The summed E-state index contributed by atoms with van der Waals surface area (Å²) < 4.78 is 0.894. The van der Waals surface area contributed by atoms with E-state index in [1.807, 2.05) is 24.3 Å². The zero-order valence-corrected chi connectivity index (χ0v) is 13.3. The van der Waals surface area contributed by atoms with Gasteiger partial charge in [0.2, 0.25) is 0 Å². The van der Waals surface area contributed by atoms with Crippen molar-refractivity contribution in [2.75, 3.05) is 0 Å². The molecule has 1 rings (SSSR count). The van der Waals surface area contributed by atoms with Crippen LogP contribution in [0.4, 0.5) is 4.79 Å². The van der Waals surface area contributed by atoms with E-state index >= 15 is 0 Å². The Morgan fingerprint density at radius 1 is 1.30 bits per heavy atom. The van der Waals surface area contributed by atoms with E-state index in [2.05, 4.69) is 26.6 Å². The van der Waals surface area contributed by atoms with E-state index < -0.39 is 23.5 Å². The Morgan fingerprint density at radius 3 is 2.40 bits per heavy atom. The molecule has 0 aromatic heterocycles. The maximum absolute atomic E-state index is 11.8. The summed E-state index contributed by atoms with van der Waals surface area (Å²) in [6.07, 6.45) is 0. The highest BCUT2D eigenvalue weighted by atomic mass is 79.9. The maximum atomic E-state index is 11.8. The van der Waals surface area contributed by atoms with Crippen LogP contribution in [0.25, 0.3) is 0 Å². The monoisotopic (exact) mass is 342 g/mol. The van der Waals surface area contributed by atoms with Gasteiger partial charge in [-0.25, -0.2) is 9.59 Å². The van der Waals surface area contributed by atoms with Gasteiger partial charge in [-0.05, 0) is 17.0 Å². The van der Waals surface area contributed by atoms with Gasteiger partial charge in [-0.2, -0.15) is 0 Å². The molecule has 0 aliphatic heterocycles. The number of rotatable bonds is 4. The van der Waals surface area contributed by atoms with Crippen molar-refractivity contribution in [2.45, 2.75) is 33.4 Å². The lowest BCUT2D eigenvalue weighted by Crippen LogP contribution is -2.52. The summed E-state index contributed by atoms with van der Waals surface area (Å²) in [7, 11) is 0. The molecule has 0 saturated heterocycles. The van der Waals surface area contributed by atoms with Crippen molar-refractivity contribution in [1.82, 2.24) is 10.6 Å². The summed E-state index contributed by atoms with van der Waals surface area (Å²) >= 11 is 3.39. The second kappa shape index (κ2) is 6.74. The predicted molar refractivity (Wildman–Crippen MR) is 80.4 cm³/mol. The van der Waals surface area contributed by atoms with Crippen LogP contribution >= 0.6 is 15.9 Å². The van der Waals surface area contributed by atoms with E-state index in [1.165, 1.54) is 0 Å². The van der Waals surface area contributed by atoms with Gasteiger partial charge in [0.05, 0.1) is 0 Å². The molecular formula is C14H19BrN2O3. The first-order valence-electron chi connectivity index (χ1n) is 6.22. The van der Waals surface area contributed by atoms with Crippen LogP contribution in [0.15, 0.2) is 28.7 Å². The fourth-order valence-electron chi connectivity index (χ4n) is 1.65. The molecule has 5 nitrogen and oxygen atoms in total. The van der Waals surface area contributed by atoms with Crippen molar-refractivity contribution in [3.05, 3.63) is 34.3 Å². The molecule has 0 fully saturated rings. The van der Waals surface area contributed by atoms with E-state index in [4.69, 9.17) is 5.11 Å². The van der Waals surface area contributed by atoms with Crippen molar-refractivity contribution in [3.8, 4) is 0 Å². The van der Waals surface area contributed by atoms with Gasteiger partial charge in [0.25, 0.3) is 0 Å². The van der Waals surface area contributed by atoms with Gasteiger partial charge in [0.15, 0.2) is 0 Å². The number of aliphatic carboxylic acids is 1. The van der Waals surface area contributed by atoms with Crippen LogP contribution < -0.4 is 10.6 Å². The molecule has 1 aromatic carbocycles. The Labute approximate surface area is 126 Å². The molecule has 110 valence electrons. The Bertz CT molecular complexity index is 497. The van der Waals surface area contributed by atoms with Gasteiger partial charge >= 0.3 is 12.0 Å². The van der Waals surface area contributed by atoms with Gasteiger partial charge in [0.1, 0.15) is 6.04 Å². The predicted octanol–water partition coefficient (Wildman–Crippen LogP) is 2.75. The topological polar surface area (TPSA) is 78.4 Å². The average molecular weight is 343 g/mol. The molecule has 0 unspecified atom stereocenters. The van der Waals surface area contributed by atoms with Crippen LogP contribution in [0, 0.1) is 5.41 Å². The Hall–Kier alpha value is -1.56. The third kappa shape index (κ3) is 4.85. The van der Waals surface area contributed by atoms with Crippen molar-refractivity contribution in [3.63, 3.8) is 0 Å². The van der Waals surface area contributed by atoms with Crippen LogP contribution in [0.2, 0.25) is 0 Å². The van der Waals surface area contributed by atoms with Crippen molar-refractivity contribution >= 4 is 27.9 Å². The fourth-order valence-corrected chi connectivity index (χ4v) is 2.07. The molecule has 1 atom stereocenters. The number of nitrogens with one attached hydrogen (secondary N) is 2. The van der Waals surface area contributed by atoms with Crippen LogP contribution in [0.5, 0.6) is 0 Å². The molecule has 0 spiro atoms. The molecule has 1 aromatic rings. The first-order valence-corrected chi connectivity index (χ1v) is 7.01. The van der Waals surface area contributed by atoms with E-state index in [9.17, 15) is 9.59 Å². The molecule has 2 amide bonds. The van der Waals surface area contributed by atoms with Gasteiger partial charge in [0, 0.05) is 11.0 Å². The molecule has 20 heavy (non-hydrogen) atoms. The van der Waals surface area contributed by atoms with Crippen LogP contribution in [-0.4, -0.2) is 23.1 Å². The summed E-state index contributed by atoms with van der Waals surface area (Å²) in [5.74, 6) is -1.05. The quantitative estimate of drug-likeness (QED) is 0.787. The Morgan fingerprint density at radius 2 is 1.90 bits per heavy atom. The normalized spacial score (nSPS) is 12.6. The number of amides is 2.